The van der Waals surface area contributed by atoms with Crippen molar-refractivity contribution in [1.82, 2.24) is 14.6 Å². The van der Waals surface area contributed by atoms with Crippen LogP contribution < -0.4 is 10.3 Å². The van der Waals surface area contributed by atoms with Crippen molar-refractivity contribution >= 4 is 43.6 Å². The molecule has 6 aromatic rings. The van der Waals surface area contributed by atoms with Gasteiger partial charge in [0.25, 0.3) is 0 Å². The zero-order valence-corrected chi connectivity index (χ0v) is 29.4. The number of allylic oxidation sites excluding steroid dienone is 2. The van der Waals surface area contributed by atoms with Gasteiger partial charge in [-0.05, 0) is 105 Å². The molecule has 272 valence electrons. The second-order valence-electron chi connectivity index (χ2n) is 13.4. The number of aliphatic hydroxyl groups excluding tert-OH is 1. The fourth-order valence-electron chi connectivity index (χ4n) is 7.23. The number of benzene rings is 4. The van der Waals surface area contributed by atoms with Gasteiger partial charge in [-0.3, -0.25) is 9.69 Å². The number of nitrogens with zero attached hydrogens (tertiary/aromatic N) is 3. The van der Waals surface area contributed by atoms with Gasteiger partial charge in [-0.1, -0.05) is 37.6 Å². The van der Waals surface area contributed by atoms with Gasteiger partial charge in [0.15, 0.2) is 6.23 Å². The van der Waals surface area contributed by atoms with Crippen LogP contribution in [0.15, 0.2) is 103 Å². The number of aliphatic hydroxyl groups is 1. The van der Waals surface area contributed by atoms with E-state index in [1.54, 1.807) is 18.2 Å². The standard InChI is InChI=1S/C42H45F3N4O3/c1-2-3-22-51-23-8-19-46-27-33(50)28-52-42-29(9-6-20-47-38-12-5-4-11-34(38)35-24-30(43)13-16-39(35)47)10-7-21-48(42)49-40-17-14-31(44)25-36(40)37-26-32(45)15-18-41(37)49/h4-5,7,10-18,21,24-26,33,42,46,50H,2-3,6,8-9,19-20,22-23,27-28H2,1H3. The van der Waals surface area contributed by atoms with E-state index in [0.717, 1.165) is 66.2 Å². The first-order chi connectivity index (χ1) is 25.4. The largest absolute Gasteiger partial charge is 0.389 e. The molecule has 7 rings (SSSR count). The average molecular weight is 711 g/mol. The molecule has 0 aliphatic carbocycles. The quantitative estimate of drug-likeness (QED) is 0.0928. The lowest BCUT2D eigenvalue weighted by atomic mass is 10.1. The summed E-state index contributed by atoms with van der Waals surface area (Å²) in [5, 5.41) is 19.3. The number of nitrogens with one attached hydrogen (secondary N) is 1. The van der Waals surface area contributed by atoms with Crippen molar-refractivity contribution in [3.8, 4) is 0 Å². The lowest BCUT2D eigenvalue weighted by Crippen LogP contribution is -2.45. The van der Waals surface area contributed by atoms with Crippen LogP contribution in [0.2, 0.25) is 0 Å². The molecule has 7 nitrogen and oxygen atoms in total. The molecule has 0 radical (unpaired) electrons. The molecule has 0 bridgehead atoms. The van der Waals surface area contributed by atoms with Gasteiger partial charge < -0.3 is 24.5 Å². The molecule has 1 aliphatic heterocycles. The van der Waals surface area contributed by atoms with Gasteiger partial charge in [0.05, 0.1) is 23.7 Å². The molecule has 52 heavy (non-hydrogen) atoms. The first-order valence-electron chi connectivity index (χ1n) is 18.2. The molecule has 10 heteroatoms. The molecule has 2 unspecified atom stereocenters. The van der Waals surface area contributed by atoms with Crippen molar-refractivity contribution in [2.75, 3.05) is 37.9 Å². The Hall–Kier alpha value is -4.61. The monoisotopic (exact) mass is 710 g/mol. The number of ether oxygens (including phenoxy) is 2. The Morgan fingerprint density at radius 3 is 2.12 bits per heavy atom. The Morgan fingerprint density at radius 2 is 1.40 bits per heavy atom. The van der Waals surface area contributed by atoms with Crippen molar-refractivity contribution in [1.29, 1.82) is 0 Å². The van der Waals surface area contributed by atoms with Crippen LogP contribution in [0.3, 0.4) is 0 Å². The molecular formula is C42H45F3N4O3. The number of para-hydroxylation sites is 1. The number of halogens is 3. The van der Waals surface area contributed by atoms with E-state index in [9.17, 15) is 18.3 Å². The van der Waals surface area contributed by atoms with Gasteiger partial charge in [0.2, 0.25) is 0 Å². The van der Waals surface area contributed by atoms with E-state index in [0.29, 0.717) is 47.9 Å². The lowest BCUT2D eigenvalue weighted by molar-refractivity contribution is -0.000284. The molecule has 0 amide bonds. The Labute approximate surface area is 301 Å². The SMILES string of the molecule is CCCCOCCCNCC(O)COC1C(CCCn2c3ccccc3c3cc(F)ccc32)=CC=CN1n1c2ccc(F)cc2c2cc(F)ccc21. The highest BCUT2D eigenvalue weighted by Crippen LogP contribution is 2.34. The minimum Gasteiger partial charge on any atom is -0.389 e. The number of aryl methyl sites for hydroxylation is 1. The summed E-state index contributed by atoms with van der Waals surface area (Å²) in [5.41, 5.74) is 4.40. The number of unbranched alkanes of at least 4 members (excludes halogenated alkanes) is 1. The second-order valence-corrected chi connectivity index (χ2v) is 13.4. The molecule has 1 aliphatic rings. The molecule has 0 spiro atoms. The second kappa shape index (κ2) is 16.4. The summed E-state index contributed by atoms with van der Waals surface area (Å²) >= 11 is 0. The maximum Gasteiger partial charge on any atom is 0.170 e. The lowest BCUT2D eigenvalue weighted by Gasteiger charge is -2.36. The number of hydrogen-bond acceptors (Lipinski definition) is 5. The third-order valence-electron chi connectivity index (χ3n) is 9.69. The smallest absolute Gasteiger partial charge is 0.170 e. The van der Waals surface area contributed by atoms with E-state index in [-0.39, 0.29) is 12.4 Å². The number of fused-ring (bicyclic) bond motifs is 6. The predicted molar refractivity (Wildman–Crippen MR) is 202 cm³/mol. The Bertz CT molecular complexity index is 2170. The summed E-state index contributed by atoms with van der Waals surface area (Å²) in [7, 11) is 0. The summed E-state index contributed by atoms with van der Waals surface area (Å²) in [6, 6.07) is 22.0. The highest BCUT2D eigenvalue weighted by atomic mass is 19.1. The topological polar surface area (TPSA) is 63.8 Å². The van der Waals surface area contributed by atoms with Crippen molar-refractivity contribution in [2.45, 2.75) is 57.9 Å². The summed E-state index contributed by atoms with van der Waals surface area (Å²) in [6.07, 6.45) is 8.92. The molecular weight excluding hydrogens is 665 g/mol. The van der Waals surface area contributed by atoms with Crippen molar-refractivity contribution in [3.05, 3.63) is 120 Å². The molecule has 2 N–H and O–H groups in total. The van der Waals surface area contributed by atoms with E-state index in [1.807, 2.05) is 52.3 Å². The molecule has 0 saturated heterocycles. The van der Waals surface area contributed by atoms with E-state index in [4.69, 9.17) is 9.47 Å². The molecule has 4 aromatic carbocycles. The normalized spacial score (nSPS) is 15.4. The fourth-order valence-corrected chi connectivity index (χ4v) is 7.23. The van der Waals surface area contributed by atoms with Crippen LogP contribution in [0.5, 0.6) is 0 Å². The number of hydrogen-bond donors (Lipinski definition) is 2. The summed E-state index contributed by atoms with van der Waals surface area (Å²) in [6.45, 7) is 5.41. The zero-order chi connectivity index (χ0) is 36.0. The summed E-state index contributed by atoms with van der Waals surface area (Å²) in [5.74, 6) is -1.08. The molecule has 2 atom stereocenters. The van der Waals surface area contributed by atoms with Gasteiger partial charge in [-0.25, -0.2) is 13.2 Å². The van der Waals surface area contributed by atoms with E-state index in [1.165, 1.54) is 30.3 Å². The van der Waals surface area contributed by atoms with Crippen LogP contribution in [-0.2, 0) is 16.0 Å². The minimum absolute atomic E-state index is 0.0607. The third kappa shape index (κ3) is 7.61. The Balaban J connectivity index is 1.13. The van der Waals surface area contributed by atoms with E-state index >= 15 is 0 Å². The van der Waals surface area contributed by atoms with E-state index in [2.05, 4.69) is 22.9 Å². The van der Waals surface area contributed by atoms with Crippen molar-refractivity contribution in [2.24, 2.45) is 0 Å². The first kappa shape index (κ1) is 35.8. The van der Waals surface area contributed by atoms with Crippen LogP contribution in [0.1, 0.15) is 39.0 Å². The highest BCUT2D eigenvalue weighted by Gasteiger charge is 2.28. The number of rotatable bonds is 17. The maximum atomic E-state index is 14.5. The van der Waals surface area contributed by atoms with Crippen LogP contribution in [0, 0.1) is 17.5 Å². The molecule has 3 heterocycles. The Morgan fingerprint density at radius 1 is 0.769 bits per heavy atom. The zero-order valence-electron chi connectivity index (χ0n) is 29.4. The van der Waals surface area contributed by atoms with Crippen LogP contribution in [0.25, 0.3) is 43.6 Å². The fraction of sp³-hybridized carbons (Fsp3) is 0.333. The van der Waals surface area contributed by atoms with E-state index < -0.39 is 24.0 Å². The van der Waals surface area contributed by atoms with Gasteiger partial charge in [0.1, 0.15) is 17.5 Å². The molecule has 0 saturated carbocycles. The van der Waals surface area contributed by atoms with Gasteiger partial charge in [-0.2, -0.15) is 0 Å². The Kier molecular flexibility index (Phi) is 11.3. The average Bonchev–Trinajstić information content (AvgIpc) is 3.63. The van der Waals surface area contributed by atoms with Gasteiger partial charge in [0, 0.05) is 65.1 Å². The molecule has 0 fully saturated rings. The van der Waals surface area contributed by atoms with Gasteiger partial charge in [-0.15, -0.1) is 0 Å². The van der Waals surface area contributed by atoms with Crippen LogP contribution >= 0.6 is 0 Å². The maximum absolute atomic E-state index is 14.5. The van der Waals surface area contributed by atoms with Crippen molar-refractivity contribution in [3.63, 3.8) is 0 Å². The highest BCUT2D eigenvalue weighted by molar-refractivity contribution is 6.09. The van der Waals surface area contributed by atoms with Crippen molar-refractivity contribution < 1.29 is 27.8 Å². The number of aromatic nitrogens is 2. The van der Waals surface area contributed by atoms with Gasteiger partial charge >= 0.3 is 0 Å². The summed E-state index contributed by atoms with van der Waals surface area (Å²) in [4.78, 5) is 0. The van der Waals surface area contributed by atoms with Crippen LogP contribution in [0.4, 0.5) is 13.2 Å². The van der Waals surface area contributed by atoms with Crippen LogP contribution in [-0.4, -0.2) is 59.6 Å². The first-order valence-corrected chi connectivity index (χ1v) is 18.2. The third-order valence-corrected chi connectivity index (χ3v) is 9.69. The minimum atomic E-state index is -0.769. The summed E-state index contributed by atoms with van der Waals surface area (Å²) < 4.78 is 59.7. The molecule has 2 aromatic heterocycles. The predicted octanol–water partition coefficient (Wildman–Crippen LogP) is 8.69.